The topological polar surface area (TPSA) is 95.1 Å². The van der Waals surface area contributed by atoms with E-state index in [0.29, 0.717) is 37.5 Å². The molecule has 2 saturated heterocycles. The van der Waals surface area contributed by atoms with Gasteiger partial charge in [-0.2, -0.15) is 0 Å². The van der Waals surface area contributed by atoms with Gasteiger partial charge in [-0.1, -0.05) is 0 Å². The van der Waals surface area contributed by atoms with Crippen molar-refractivity contribution in [2.75, 3.05) is 56.7 Å². The Balaban J connectivity index is 1.29. The molecule has 1 aromatic carbocycles. The third-order valence-electron chi connectivity index (χ3n) is 6.44. The zero-order valence-electron chi connectivity index (χ0n) is 19.7. The van der Waals surface area contributed by atoms with Crippen LogP contribution in [0.2, 0.25) is 0 Å². The Labute approximate surface area is 199 Å². The van der Waals surface area contributed by atoms with Gasteiger partial charge in [-0.3, -0.25) is 19.3 Å². The highest BCUT2D eigenvalue weighted by atomic mass is 16.5. The smallest absolute Gasteiger partial charge is 0.252 e. The third-order valence-corrected chi connectivity index (χ3v) is 6.44. The van der Waals surface area contributed by atoms with Gasteiger partial charge in [0.2, 0.25) is 17.7 Å². The van der Waals surface area contributed by atoms with Gasteiger partial charge in [-0.15, -0.1) is 0 Å². The molecule has 0 spiro atoms. The second-order valence-electron chi connectivity index (χ2n) is 8.83. The maximum Gasteiger partial charge on any atom is 0.252 e. The summed E-state index contributed by atoms with van der Waals surface area (Å²) in [5.74, 6) is 0.326. The fraction of sp³-hybridized carbons (Fsp3) is 0.440. The van der Waals surface area contributed by atoms with E-state index >= 15 is 0 Å². The quantitative estimate of drug-likeness (QED) is 0.640. The molecule has 0 radical (unpaired) electrons. The molecule has 1 N–H and O–H groups in total. The lowest BCUT2D eigenvalue weighted by molar-refractivity contribution is -0.119. The van der Waals surface area contributed by atoms with Crippen LogP contribution in [0.25, 0.3) is 0 Å². The van der Waals surface area contributed by atoms with Crippen LogP contribution in [0.1, 0.15) is 29.6 Å². The minimum absolute atomic E-state index is 0.0204. The van der Waals surface area contributed by atoms with Crippen molar-refractivity contribution in [1.82, 2.24) is 15.2 Å². The van der Waals surface area contributed by atoms with Gasteiger partial charge in [0, 0.05) is 56.1 Å². The van der Waals surface area contributed by atoms with Gasteiger partial charge in [0.05, 0.1) is 19.2 Å². The summed E-state index contributed by atoms with van der Waals surface area (Å²) < 4.78 is 5.01. The molecule has 0 aliphatic carbocycles. The second-order valence-corrected chi connectivity index (χ2v) is 8.83. The van der Waals surface area contributed by atoms with E-state index in [1.54, 1.807) is 29.0 Å². The summed E-state index contributed by atoms with van der Waals surface area (Å²) >= 11 is 0. The number of likely N-dealkylation sites (N-methyl/N-ethyl adjacent to an activating group) is 1. The van der Waals surface area contributed by atoms with Crippen molar-refractivity contribution in [1.29, 1.82) is 0 Å². The lowest BCUT2D eigenvalue weighted by Gasteiger charge is -2.22. The van der Waals surface area contributed by atoms with Crippen molar-refractivity contribution in [3.63, 3.8) is 0 Å². The average molecular weight is 466 g/mol. The summed E-state index contributed by atoms with van der Waals surface area (Å²) in [6.07, 6.45) is 4.14. The molecule has 2 fully saturated rings. The first-order valence-electron chi connectivity index (χ1n) is 11.6. The third kappa shape index (κ3) is 5.53. The molecule has 1 atom stereocenters. The predicted octanol–water partition coefficient (Wildman–Crippen LogP) is 1.93. The SMILES string of the molecule is COc1ccc(C(=O)NCC2CC(=O)N(c3ccc(N(C)C(=O)CN4CCCC4)cc3)C2)cn1. The molecule has 2 aliphatic rings. The molecule has 3 heterocycles. The number of anilines is 2. The number of ether oxygens (including phenoxy) is 1. The van der Waals surface area contributed by atoms with Gasteiger partial charge in [0.25, 0.3) is 5.91 Å². The largest absolute Gasteiger partial charge is 0.481 e. The Bertz CT molecular complexity index is 1020. The number of nitrogens with one attached hydrogen (secondary N) is 1. The number of aromatic nitrogens is 1. The molecule has 4 rings (SSSR count). The van der Waals surface area contributed by atoms with E-state index < -0.39 is 0 Å². The normalized spacial score (nSPS) is 18.2. The van der Waals surface area contributed by atoms with Gasteiger partial charge >= 0.3 is 0 Å². The standard InChI is InChI=1S/C25H31N5O4/c1-28(24(32)17-29-11-3-4-12-29)20-6-8-21(9-7-20)30-16-18(13-23(30)31)14-27-25(33)19-5-10-22(34-2)26-15-19/h5-10,15,18H,3-4,11-14,16-17H2,1-2H3,(H,27,33). The van der Waals surface area contributed by atoms with Crippen molar-refractivity contribution in [2.24, 2.45) is 5.92 Å². The zero-order valence-corrected chi connectivity index (χ0v) is 19.7. The first kappa shape index (κ1) is 23.7. The monoisotopic (exact) mass is 465 g/mol. The molecule has 1 aromatic heterocycles. The Morgan fingerprint density at radius 1 is 1.15 bits per heavy atom. The van der Waals surface area contributed by atoms with Gasteiger partial charge in [0.15, 0.2) is 0 Å². The molecule has 0 saturated carbocycles. The number of likely N-dealkylation sites (tertiary alicyclic amines) is 1. The summed E-state index contributed by atoms with van der Waals surface area (Å²) in [6, 6.07) is 10.8. The fourth-order valence-corrected chi connectivity index (χ4v) is 4.38. The number of pyridine rings is 1. The number of hydrogen-bond acceptors (Lipinski definition) is 6. The van der Waals surface area contributed by atoms with Crippen molar-refractivity contribution in [2.45, 2.75) is 19.3 Å². The number of methoxy groups -OCH3 is 1. The lowest BCUT2D eigenvalue weighted by Crippen LogP contribution is -2.37. The molecule has 0 bridgehead atoms. The van der Waals surface area contributed by atoms with Crippen LogP contribution in [0.3, 0.4) is 0 Å². The Kier molecular flexibility index (Phi) is 7.42. The highest BCUT2D eigenvalue weighted by Gasteiger charge is 2.31. The molecule has 3 amide bonds. The van der Waals surface area contributed by atoms with Crippen LogP contribution in [0.15, 0.2) is 42.6 Å². The number of nitrogens with zero attached hydrogens (tertiary/aromatic N) is 4. The first-order valence-corrected chi connectivity index (χ1v) is 11.6. The zero-order chi connectivity index (χ0) is 24.1. The van der Waals surface area contributed by atoms with Crippen molar-refractivity contribution < 1.29 is 19.1 Å². The second kappa shape index (κ2) is 10.6. The number of carbonyl (C=O) groups excluding carboxylic acids is 3. The molecule has 2 aromatic rings. The van der Waals surface area contributed by atoms with E-state index in [1.165, 1.54) is 13.3 Å². The van der Waals surface area contributed by atoms with E-state index in [9.17, 15) is 14.4 Å². The highest BCUT2D eigenvalue weighted by Crippen LogP contribution is 2.27. The van der Waals surface area contributed by atoms with Crippen LogP contribution in [0.4, 0.5) is 11.4 Å². The van der Waals surface area contributed by atoms with Crippen molar-refractivity contribution >= 4 is 29.1 Å². The van der Waals surface area contributed by atoms with Gasteiger partial charge < -0.3 is 19.9 Å². The van der Waals surface area contributed by atoms with E-state index in [0.717, 1.165) is 37.3 Å². The Morgan fingerprint density at radius 3 is 2.53 bits per heavy atom. The van der Waals surface area contributed by atoms with E-state index in [2.05, 4.69) is 15.2 Å². The van der Waals surface area contributed by atoms with Gasteiger partial charge in [0.1, 0.15) is 0 Å². The fourth-order valence-electron chi connectivity index (χ4n) is 4.38. The average Bonchev–Trinajstić information content (AvgIpc) is 3.51. The maximum absolute atomic E-state index is 12.6. The number of benzene rings is 1. The Hall–Kier alpha value is -3.46. The number of rotatable bonds is 8. The van der Waals surface area contributed by atoms with E-state index in [4.69, 9.17) is 4.74 Å². The molecule has 34 heavy (non-hydrogen) atoms. The van der Waals surface area contributed by atoms with E-state index in [-0.39, 0.29) is 23.6 Å². The first-order chi connectivity index (χ1) is 16.4. The van der Waals surface area contributed by atoms with Crippen LogP contribution in [-0.4, -0.2) is 74.5 Å². The van der Waals surface area contributed by atoms with Gasteiger partial charge in [-0.25, -0.2) is 4.98 Å². The van der Waals surface area contributed by atoms with Crippen LogP contribution < -0.4 is 19.9 Å². The summed E-state index contributed by atoms with van der Waals surface area (Å²) in [5, 5.41) is 2.89. The molecule has 180 valence electrons. The molecule has 1 unspecified atom stereocenters. The number of hydrogen-bond donors (Lipinski definition) is 1. The highest BCUT2D eigenvalue weighted by molar-refractivity contribution is 5.97. The summed E-state index contributed by atoms with van der Waals surface area (Å²) in [7, 11) is 3.30. The summed E-state index contributed by atoms with van der Waals surface area (Å²) in [5.41, 5.74) is 2.04. The molecular weight excluding hydrogens is 434 g/mol. The lowest BCUT2D eigenvalue weighted by atomic mass is 10.1. The summed E-state index contributed by atoms with van der Waals surface area (Å²) in [4.78, 5) is 47.2. The van der Waals surface area contributed by atoms with Crippen LogP contribution in [0, 0.1) is 5.92 Å². The summed E-state index contributed by atoms with van der Waals surface area (Å²) in [6.45, 7) is 3.33. The van der Waals surface area contributed by atoms with Gasteiger partial charge in [-0.05, 0) is 56.3 Å². The van der Waals surface area contributed by atoms with Crippen LogP contribution >= 0.6 is 0 Å². The predicted molar refractivity (Wildman–Crippen MR) is 129 cm³/mol. The number of amides is 3. The molecular formula is C25H31N5O4. The maximum atomic E-state index is 12.6. The molecule has 9 heteroatoms. The minimum Gasteiger partial charge on any atom is -0.481 e. The minimum atomic E-state index is -0.230. The molecule has 2 aliphatic heterocycles. The molecule has 9 nitrogen and oxygen atoms in total. The van der Waals surface area contributed by atoms with E-state index in [1.807, 2.05) is 24.3 Å². The number of carbonyl (C=O) groups is 3. The van der Waals surface area contributed by atoms with Crippen LogP contribution in [0.5, 0.6) is 5.88 Å². The van der Waals surface area contributed by atoms with Crippen molar-refractivity contribution in [3.8, 4) is 5.88 Å². The van der Waals surface area contributed by atoms with Crippen molar-refractivity contribution in [3.05, 3.63) is 48.2 Å². The Morgan fingerprint density at radius 2 is 1.88 bits per heavy atom. The van der Waals surface area contributed by atoms with Crippen LogP contribution in [-0.2, 0) is 9.59 Å².